The summed E-state index contributed by atoms with van der Waals surface area (Å²) < 4.78 is 0. The predicted molar refractivity (Wildman–Crippen MR) is 47.8 cm³/mol. The number of nitrogens with zero attached hydrogens (tertiary/aromatic N) is 4. The van der Waals surface area contributed by atoms with Gasteiger partial charge in [0.05, 0.1) is 11.9 Å². The summed E-state index contributed by atoms with van der Waals surface area (Å²) in [5, 5.41) is 7.86. The molecular weight excluding hydrogens is 164 g/mol. The standard InChI is InChI=1S/C9H8N4/c1-7-5-11-9(13-12-7)8-3-2-4-10-6-8/h2-6H,1H3. The van der Waals surface area contributed by atoms with E-state index in [0.717, 1.165) is 11.3 Å². The van der Waals surface area contributed by atoms with E-state index >= 15 is 0 Å². The lowest BCUT2D eigenvalue weighted by atomic mass is 10.3. The third-order valence-corrected chi connectivity index (χ3v) is 1.60. The fraction of sp³-hybridized carbons (Fsp3) is 0.111. The van der Waals surface area contributed by atoms with Crippen LogP contribution in [0.1, 0.15) is 5.69 Å². The quantitative estimate of drug-likeness (QED) is 0.649. The van der Waals surface area contributed by atoms with Crippen LogP contribution in [0.5, 0.6) is 0 Å². The molecule has 0 bridgehead atoms. The molecule has 0 fully saturated rings. The Morgan fingerprint density at radius 3 is 2.69 bits per heavy atom. The van der Waals surface area contributed by atoms with Crippen LogP contribution in [0.25, 0.3) is 11.4 Å². The van der Waals surface area contributed by atoms with E-state index in [4.69, 9.17) is 0 Å². The normalized spacial score (nSPS) is 9.92. The van der Waals surface area contributed by atoms with Gasteiger partial charge < -0.3 is 0 Å². The molecule has 2 heterocycles. The van der Waals surface area contributed by atoms with Gasteiger partial charge in [0.2, 0.25) is 0 Å². The summed E-state index contributed by atoms with van der Waals surface area (Å²) in [6, 6.07) is 3.75. The number of aromatic nitrogens is 4. The Morgan fingerprint density at radius 1 is 1.15 bits per heavy atom. The van der Waals surface area contributed by atoms with Crippen molar-refractivity contribution in [1.29, 1.82) is 0 Å². The van der Waals surface area contributed by atoms with Gasteiger partial charge in [-0.25, -0.2) is 4.98 Å². The first-order chi connectivity index (χ1) is 6.36. The number of rotatable bonds is 1. The van der Waals surface area contributed by atoms with Crippen molar-refractivity contribution in [2.45, 2.75) is 6.92 Å². The number of hydrogen-bond donors (Lipinski definition) is 0. The van der Waals surface area contributed by atoms with E-state index in [1.807, 2.05) is 19.1 Å². The molecule has 0 atom stereocenters. The Morgan fingerprint density at radius 2 is 2.08 bits per heavy atom. The van der Waals surface area contributed by atoms with Gasteiger partial charge in [0, 0.05) is 18.0 Å². The first kappa shape index (κ1) is 7.79. The maximum Gasteiger partial charge on any atom is 0.183 e. The van der Waals surface area contributed by atoms with Gasteiger partial charge in [-0.15, -0.1) is 5.10 Å². The first-order valence-electron chi connectivity index (χ1n) is 3.93. The molecule has 0 aliphatic rings. The van der Waals surface area contributed by atoms with Crippen molar-refractivity contribution in [3.05, 3.63) is 36.4 Å². The number of pyridine rings is 1. The summed E-state index contributed by atoms with van der Waals surface area (Å²) in [6.45, 7) is 1.85. The van der Waals surface area contributed by atoms with Crippen molar-refractivity contribution in [2.75, 3.05) is 0 Å². The highest BCUT2D eigenvalue weighted by molar-refractivity contribution is 5.51. The average Bonchev–Trinajstić information content (AvgIpc) is 2.20. The minimum Gasteiger partial charge on any atom is -0.264 e. The lowest BCUT2D eigenvalue weighted by molar-refractivity contribution is 0.934. The molecule has 4 nitrogen and oxygen atoms in total. The van der Waals surface area contributed by atoms with Gasteiger partial charge in [-0.2, -0.15) is 5.10 Å². The van der Waals surface area contributed by atoms with Gasteiger partial charge in [-0.05, 0) is 19.1 Å². The molecule has 0 aliphatic carbocycles. The lowest BCUT2D eigenvalue weighted by Crippen LogP contribution is -1.93. The van der Waals surface area contributed by atoms with Gasteiger partial charge in [-0.3, -0.25) is 4.98 Å². The largest absolute Gasteiger partial charge is 0.264 e. The molecule has 0 N–H and O–H groups in total. The highest BCUT2D eigenvalue weighted by atomic mass is 15.1. The summed E-state index contributed by atoms with van der Waals surface area (Å²) in [6.07, 6.45) is 5.12. The second-order valence-corrected chi connectivity index (χ2v) is 2.66. The summed E-state index contributed by atoms with van der Waals surface area (Å²) in [5.41, 5.74) is 1.70. The van der Waals surface area contributed by atoms with Crippen LogP contribution in [0.4, 0.5) is 0 Å². The van der Waals surface area contributed by atoms with Crippen LogP contribution in [0.3, 0.4) is 0 Å². The van der Waals surface area contributed by atoms with Gasteiger partial charge >= 0.3 is 0 Å². The lowest BCUT2D eigenvalue weighted by Gasteiger charge is -1.96. The Kier molecular flexibility index (Phi) is 1.96. The Bertz CT molecular complexity index is 382. The van der Waals surface area contributed by atoms with Crippen molar-refractivity contribution in [3.63, 3.8) is 0 Å². The van der Waals surface area contributed by atoms with Gasteiger partial charge in [-0.1, -0.05) is 0 Å². The molecule has 0 aromatic carbocycles. The average molecular weight is 172 g/mol. The Balaban J connectivity index is 2.42. The van der Waals surface area contributed by atoms with Crippen LogP contribution in [-0.4, -0.2) is 20.2 Å². The summed E-state index contributed by atoms with van der Waals surface area (Å²) in [4.78, 5) is 8.11. The molecule has 0 saturated heterocycles. The van der Waals surface area contributed by atoms with Gasteiger partial charge in [0.1, 0.15) is 0 Å². The van der Waals surface area contributed by atoms with Crippen LogP contribution in [0.2, 0.25) is 0 Å². The molecule has 0 spiro atoms. The SMILES string of the molecule is Cc1cnc(-c2cccnc2)nn1. The molecular formula is C9H8N4. The fourth-order valence-electron chi connectivity index (χ4n) is 0.960. The Labute approximate surface area is 75.7 Å². The van der Waals surface area contributed by atoms with Crippen LogP contribution in [0, 0.1) is 6.92 Å². The van der Waals surface area contributed by atoms with E-state index < -0.39 is 0 Å². The molecule has 2 rings (SSSR count). The molecule has 0 unspecified atom stereocenters. The van der Waals surface area contributed by atoms with Gasteiger partial charge in [0.25, 0.3) is 0 Å². The number of hydrogen-bond acceptors (Lipinski definition) is 4. The summed E-state index contributed by atoms with van der Waals surface area (Å²) in [5.74, 6) is 0.610. The van der Waals surface area contributed by atoms with Crippen LogP contribution in [-0.2, 0) is 0 Å². The fourth-order valence-corrected chi connectivity index (χ4v) is 0.960. The predicted octanol–water partition coefficient (Wildman–Crippen LogP) is 1.24. The minimum absolute atomic E-state index is 0.610. The topological polar surface area (TPSA) is 51.6 Å². The molecule has 0 radical (unpaired) electrons. The van der Waals surface area contributed by atoms with Crippen LogP contribution in [0.15, 0.2) is 30.7 Å². The maximum absolute atomic E-state index is 4.13. The van der Waals surface area contributed by atoms with Crippen molar-refractivity contribution in [3.8, 4) is 11.4 Å². The molecule has 13 heavy (non-hydrogen) atoms. The first-order valence-corrected chi connectivity index (χ1v) is 3.93. The smallest absolute Gasteiger partial charge is 0.183 e. The van der Waals surface area contributed by atoms with Crippen LogP contribution < -0.4 is 0 Å². The second kappa shape index (κ2) is 3.26. The van der Waals surface area contributed by atoms with E-state index in [1.54, 1.807) is 18.6 Å². The zero-order valence-corrected chi connectivity index (χ0v) is 7.18. The molecule has 2 aromatic rings. The minimum atomic E-state index is 0.610. The molecule has 4 heteroatoms. The molecule has 0 amide bonds. The zero-order valence-electron chi connectivity index (χ0n) is 7.18. The molecule has 0 saturated carbocycles. The Hall–Kier alpha value is -1.84. The monoisotopic (exact) mass is 172 g/mol. The molecule has 2 aromatic heterocycles. The summed E-state index contributed by atoms with van der Waals surface area (Å²) in [7, 11) is 0. The van der Waals surface area contributed by atoms with Crippen molar-refractivity contribution < 1.29 is 0 Å². The third kappa shape index (κ3) is 1.66. The van der Waals surface area contributed by atoms with E-state index in [-0.39, 0.29) is 0 Å². The van der Waals surface area contributed by atoms with Crippen molar-refractivity contribution >= 4 is 0 Å². The second-order valence-electron chi connectivity index (χ2n) is 2.66. The highest BCUT2D eigenvalue weighted by Gasteiger charge is 1.99. The highest BCUT2D eigenvalue weighted by Crippen LogP contribution is 2.09. The molecule has 0 aliphatic heterocycles. The van der Waals surface area contributed by atoms with Crippen molar-refractivity contribution in [2.24, 2.45) is 0 Å². The third-order valence-electron chi connectivity index (χ3n) is 1.60. The zero-order chi connectivity index (χ0) is 9.10. The number of aryl methyl sites for hydroxylation is 1. The summed E-state index contributed by atoms with van der Waals surface area (Å²) >= 11 is 0. The molecule has 64 valence electrons. The van der Waals surface area contributed by atoms with Crippen molar-refractivity contribution in [1.82, 2.24) is 20.2 Å². The van der Waals surface area contributed by atoms with E-state index in [0.29, 0.717) is 5.82 Å². The van der Waals surface area contributed by atoms with E-state index in [1.165, 1.54) is 0 Å². The van der Waals surface area contributed by atoms with E-state index in [2.05, 4.69) is 20.2 Å². The maximum atomic E-state index is 4.13. The van der Waals surface area contributed by atoms with Crippen LogP contribution >= 0.6 is 0 Å². The van der Waals surface area contributed by atoms with E-state index in [9.17, 15) is 0 Å². The van der Waals surface area contributed by atoms with Gasteiger partial charge in [0.15, 0.2) is 5.82 Å².